The lowest BCUT2D eigenvalue weighted by atomic mass is 10.0. The number of nitro groups is 1. The second kappa shape index (κ2) is 14.3. The summed E-state index contributed by atoms with van der Waals surface area (Å²) in [6.07, 6.45) is 1.08. The summed E-state index contributed by atoms with van der Waals surface area (Å²) in [7, 11) is 0. The van der Waals surface area contributed by atoms with E-state index in [9.17, 15) is 20.0 Å². The molecule has 0 spiro atoms. The van der Waals surface area contributed by atoms with E-state index in [1.807, 2.05) is 13.8 Å². The molecule has 3 aromatic rings. The number of nitrogens with one attached hydrogen (secondary N) is 1. The first kappa shape index (κ1) is 28.1. The van der Waals surface area contributed by atoms with Gasteiger partial charge in [0, 0.05) is 18.6 Å². The summed E-state index contributed by atoms with van der Waals surface area (Å²) >= 11 is 0. The average Bonchev–Trinajstić information content (AvgIpc) is 2.92. The van der Waals surface area contributed by atoms with Crippen molar-refractivity contribution in [1.82, 2.24) is 5.43 Å². The molecule has 38 heavy (non-hydrogen) atoms. The number of nitro benzene ring substituents is 1. The standard InChI is InChI=1S/C28H31N3O7/c1-3-36-24-12-8-22(9-13-24)25(32)14-16-28(33)30-29-18-21-7-15-26(27(17-21)37-4-2)38-19-20-5-10-23(11-6-20)31(34)35/h5-13,15,17-18,25,32H,3-4,14,16,19H2,1-2H3,(H,30,33)/b29-18-/t25-/m0/s1. The van der Waals surface area contributed by atoms with Crippen molar-refractivity contribution in [3.05, 3.63) is 93.5 Å². The van der Waals surface area contributed by atoms with E-state index >= 15 is 0 Å². The molecule has 3 rings (SSSR count). The molecular formula is C28H31N3O7. The molecule has 0 aromatic heterocycles. The number of carbonyl (C=O) groups excluding carboxylic acids is 1. The van der Waals surface area contributed by atoms with Crippen molar-refractivity contribution in [2.75, 3.05) is 13.2 Å². The topological polar surface area (TPSA) is 133 Å². The van der Waals surface area contributed by atoms with Crippen LogP contribution in [0.1, 0.15) is 49.5 Å². The van der Waals surface area contributed by atoms with Crippen LogP contribution in [0.4, 0.5) is 5.69 Å². The van der Waals surface area contributed by atoms with Gasteiger partial charge in [-0.05, 0) is 79.4 Å². The van der Waals surface area contributed by atoms with Gasteiger partial charge in [0.15, 0.2) is 11.5 Å². The Bertz CT molecular complexity index is 1230. The smallest absolute Gasteiger partial charge is 0.269 e. The van der Waals surface area contributed by atoms with E-state index in [1.165, 1.54) is 18.3 Å². The van der Waals surface area contributed by atoms with Crippen molar-refractivity contribution in [3.63, 3.8) is 0 Å². The van der Waals surface area contributed by atoms with Gasteiger partial charge in [0.05, 0.1) is 30.5 Å². The molecule has 200 valence electrons. The minimum Gasteiger partial charge on any atom is -0.494 e. The number of carbonyl (C=O) groups is 1. The molecule has 0 aliphatic heterocycles. The zero-order chi connectivity index (χ0) is 27.3. The minimum absolute atomic E-state index is 0.0169. The van der Waals surface area contributed by atoms with Crippen LogP contribution in [-0.4, -0.2) is 35.4 Å². The van der Waals surface area contributed by atoms with Crippen LogP contribution in [0.2, 0.25) is 0 Å². The number of benzene rings is 3. The Morgan fingerprint density at radius 3 is 2.37 bits per heavy atom. The Hall–Kier alpha value is -4.44. The van der Waals surface area contributed by atoms with Crippen molar-refractivity contribution >= 4 is 17.8 Å². The Labute approximate surface area is 221 Å². The van der Waals surface area contributed by atoms with Crippen LogP contribution >= 0.6 is 0 Å². The molecule has 0 heterocycles. The fourth-order valence-corrected chi connectivity index (χ4v) is 3.49. The zero-order valence-corrected chi connectivity index (χ0v) is 21.3. The number of hydrazone groups is 1. The Balaban J connectivity index is 1.50. The van der Waals surface area contributed by atoms with Gasteiger partial charge in [0.2, 0.25) is 5.91 Å². The first-order valence-corrected chi connectivity index (χ1v) is 12.2. The van der Waals surface area contributed by atoms with E-state index in [1.54, 1.807) is 54.6 Å². The molecule has 1 amide bonds. The maximum atomic E-state index is 12.2. The molecule has 2 N–H and O–H groups in total. The third-order valence-corrected chi connectivity index (χ3v) is 5.43. The lowest BCUT2D eigenvalue weighted by molar-refractivity contribution is -0.384. The third kappa shape index (κ3) is 8.59. The van der Waals surface area contributed by atoms with Crippen molar-refractivity contribution in [2.45, 2.75) is 39.4 Å². The number of hydrogen-bond donors (Lipinski definition) is 2. The number of rotatable bonds is 14. The van der Waals surface area contributed by atoms with Crippen LogP contribution in [-0.2, 0) is 11.4 Å². The Morgan fingerprint density at radius 2 is 1.71 bits per heavy atom. The van der Waals surface area contributed by atoms with Crippen molar-refractivity contribution in [3.8, 4) is 17.2 Å². The highest BCUT2D eigenvalue weighted by Crippen LogP contribution is 2.29. The molecule has 10 heteroatoms. The predicted molar refractivity (Wildman–Crippen MR) is 143 cm³/mol. The van der Waals surface area contributed by atoms with Crippen molar-refractivity contribution in [1.29, 1.82) is 0 Å². The van der Waals surface area contributed by atoms with E-state index in [0.29, 0.717) is 35.8 Å². The minimum atomic E-state index is -0.771. The van der Waals surface area contributed by atoms with Crippen LogP contribution < -0.4 is 19.6 Å². The van der Waals surface area contributed by atoms with Crippen LogP contribution in [0.5, 0.6) is 17.2 Å². The van der Waals surface area contributed by atoms with Gasteiger partial charge in [-0.2, -0.15) is 5.10 Å². The van der Waals surface area contributed by atoms with E-state index in [0.717, 1.165) is 11.3 Å². The summed E-state index contributed by atoms with van der Waals surface area (Å²) in [5.74, 6) is 1.42. The van der Waals surface area contributed by atoms with Crippen LogP contribution in [0.15, 0.2) is 71.8 Å². The zero-order valence-electron chi connectivity index (χ0n) is 21.3. The first-order valence-electron chi connectivity index (χ1n) is 12.2. The molecule has 0 saturated heterocycles. The quantitative estimate of drug-likeness (QED) is 0.174. The van der Waals surface area contributed by atoms with Gasteiger partial charge in [-0.25, -0.2) is 5.43 Å². The molecular weight excluding hydrogens is 490 g/mol. The fourth-order valence-electron chi connectivity index (χ4n) is 3.49. The molecule has 0 bridgehead atoms. The maximum absolute atomic E-state index is 12.2. The highest BCUT2D eigenvalue weighted by atomic mass is 16.6. The summed E-state index contributed by atoms with van der Waals surface area (Å²) in [6, 6.07) is 18.5. The predicted octanol–water partition coefficient (Wildman–Crippen LogP) is 4.94. The highest BCUT2D eigenvalue weighted by Gasteiger charge is 2.11. The Kier molecular flexibility index (Phi) is 10.6. The van der Waals surface area contributed by atoms with E-state index in [4.69, 9.17) is 14.2 Å². The number of amides is 1. The molecule has 0 saturated carbocycles. The van der Waals surface area contributed by atoms with Gasteiger partial charge >= 0.3 is 0 Å². The fraction of sp³-hybridized carbons (Fsp3) is 0.286. The summed E-state index contributed by atoms with van der Waals surface area (Å²) in [5, 5.41) is 25.1. The van der Waals surface area contributed by atoms with Crippen molar-refractivity contribution in [2.24, 2.45) is 5.10 Å². The lowest BCUT2D eigenvalue weighted by Crippen LogP contribution is -2.18. The number of aliphatic hydroxyl groups excluding tert-OH is 1. The number of nitrogens with zero attached hydrogens (tertiary/aromatic N) is 2. The normalized spacial score (nSPS) is 11.7. The van der Waals surface area contributed by atoms with Gasteiger partial charge in [0.1, 0.15) is 12.4 Å². The number of aliphatic hydroxyl groups is 1. The summed E-state index contributed by atoms with van der Waals surface area (Å²) < 4.78 is 16.9. The van der Waals surface area contributed by atoms with Crippen LogP contribution in [0.25, 0.3) is 0 Å². The third-order valence-electron chi connectivity index (χ3n) is 5.43. The monoisotopic (exact) mass is 521 g/mol. The SMILES string of the molecule is CCOc1ccc([C@@H](O)CCC(=O)N/N=C\c2ccc(OCc3ccc([N+](=O)[O-])cc3)c(OCC)c2)cc1. The lowest BCUT2D eigenvalue weighted by Gasteiger charge is -2.12. The summed E-state index contributed by atoms with van der Waals surface area (Å²) in [4.78, 5) is 22.5. The van der Waals surface area contributed by atoms with Gasteiger partial charge in [-0.3, -0.25) is 14.9 Å². The van der Waals surface area contributed by atoms with E-state index < -0.39 is 11.0 Å². The molecule has 0 aliphatic carbocycles. The summed E-state index contributed by atoms with van der Waals surface area (Å²) in [5.41, 5.74) is 4.66. The van der Waals surface area contributed by atoms with E-state index in [2.05, 4.69) is 10.5 Å². The highest BCUT2D eigenvalue weighted by molar-refractivity contribution is 5.83. The van der Waals surface area contributed by atoms with Crippen LogP contribution in [0, 0.1) is 10.1 Å². The van der Waals surface area contributed by atoms with Gasteiger partial charge in [-0.1, -0.05) is 12.1 Å². The molecule has 0 fully saturated rings. The molecule has 10 nitrogen and oxygen atoms in total. The number of ether oxygens (including phenoxy) is 3. The largest absolute Gasteiger partial charge is 0.494 e. The molecule has 3 aromatic carbocycles. The van der Waals surface area contributed by atoms with Crippen LogP contribution in [0.3, 0.4) is 0 Å². The van der Waals surface area contributed by atoms with Gasteiger partial charge in [0.25, 0.3) is 5.69 Å². The number of non-ortho nitro benzene ring substituents is 1. The van der Waals surface area contributed by atoms with E-state index in [-0.39, 0.29) is 31.0 Å². The molecule has 0 radical (unpaired) electrons. The van der Waals surface area contributed by atoms with Gasteiger partial charge in [-0.15, -0.1) is 0 Å². The summed E-state index contributed by atoms with van der Waals surface area (Å²) in [6.45, 7) is 4.95. The first-order chi connectivity index (χ1) is 18.4. The van der Waals surface area contributed by atoms with Crippen molar-refractivity contribution < 1.29 is 29.0 Å². The molecule has 1 atom stereocenters. The molecule has 0 aliphatic rings. The molecule has 0 unspecified atom stereocenters. The maximum Gasteiger partial charge on any atom is 0.269 e. The Morgan fingerprint density at radius 1 is 1.00 bits per heavy atom. The number of hydrogen-bond acceptors (Lipinski definition) is 8. The second-order valence-electron chi connectivity index (χ2n) is 8.20. The van der Waals surface area contributed by atoms with Gasteiger partial charge < -0.3 is 19.3 Å². The second-order valence-corrected chi connectivity index (χ2v) is 8.20. The average molecular weight is 522 g/mol.